The van der Waals surface area contributed by atoms with Gasteiger partial charge in [-0.1, -0.05) is 30.3 Å². The fraction of sp³-hybridized carbons (Fsp3) is 0.333. The standard InChI is InChI=1S/C15H17N3OS/c16-12(8-10-4-2-1-3-5-10)14(19)18-15-17-13(9-20-15)11-6-7-11/h1-5,9,11-12H,6-8,16H2,(H,17,18,19). The minimum Gasteiger partial charge on any atom is -0.320 e. The predicted molar refractivity (Wildman–Crippen MR) is 80.8 cm³/mol. The highest BCUT2D eigenvalue weighted by Gasteiger charge is 2.26. The largest absolute Gasteiger partial charge is 0.320 e. The Kier molecular flexibility index (Phi) is 3.80. The molecule has 1 aromatic carbocycles. The zero-order valence-electron chi connectivity index (χ0n) is 11.1. The molecular formula is C15H17N3OS. The van der Waals surface area contributed by atoms with Crippen LogP contribution in [-0.2, 0) is 11.2 Å². The highest BCUT2D eigenvalue weighted by molar-refractivity contribution is 7.13. The third-order valence-corrected chi connectivity index (χ3v) is 4.16. The normalized spacial score (nSPS) is 15.8. The van der Waals surface area contributed by atoms with E-state index in [0.717, 1.165) is 11.3 Å². The molecule has 1 saturated carbocycles. The molecule has 4 nitrogen and oxygen atoms in total. The van der Waals surface area contributed by atoms with Crippen LogP contribution in [-0.4, -0.2) is 16.9 Å². The topological polar surface area (TPSA) is 68.0 Å². The van der Waals surface area contributed by atoms with Gasteiger partial charge in [0.15, 0.2) is 5.13 Å². The van der Waals surface area contributed by atoms with Gasteiger partial charge < -0.3 is 11.1 Å². The van der Waals surface area contributed by atoms with Crippen LogP contribution < -0.4 is 11.1 Å². The number of nitrogens with one attached hydrogen (secondary N) is 1. The lowest BCUT2D eigenvalue weighted by molar-refractivity contribution is -0.117. The van der Waals surface area contributed by atoms with Crippen LogP contribution in [0.1, 0.15) is 30.0 Å². The van der Waals surface area contributed by atoms with Gasteiger partial charge in [-0.3, -0.25) is 4.79 Å². The summed E-state index contributed by atoms with van der Waals surface area (Å²) < 4.78 is 0. The van der Waals surface area contributed by atoms with E-state index < -0.39 is 6.04 Å². The van der Waals surface area contributed by atoms with E-state index in [1.54, 1.807) is 0 Å². The second-order valence-electron chi connectivity index (χ2n) is 5.14. The smallest absolute Gasteiger partial charge is 0.243 e. The molecule has 1 aromatic heterocycles. The van der Waals surface area contributed by atoms with Crippen LogP contribution in [0.25, 0.3) is 0 Å². The summed E-state index contributed by atoms with van der Waals surface area (Å²) in [6, 6.07) is 9.24. The number of carbonyl (C=O) groups excluding carboxylic acids is 1. The number of hydrogen-bond donors (Lipinski definition) is 2. The molecule has 1 atom stereocenters. The Morgan fingerprint density at radius 1 is 1.40 bits per heavy atom. The van der Waals surface area contributed by atoms with Crippen molar-refractivity contribution in [2.45, 2.75) is 31.2 Å². The molecule has 1 aliphatic rings. The quantitative estimate of drug-likeness (QED) is 0.888. The summed E-state index contributed by atoms with van der Waals surface area (Å²) in [6.45, 7) is 0. The second-order valence-corrected chi connectivity index (χ2v) is 6.00. The zero-order valence-corrected chi connectivity index (χ0v) is 11.9. The highest BCUT2D eigenvalue weighted by atomic mass is 32.1. The van der Waals surface area contributed by atoms with E-state index in [9.17, 15) is 4.79 Å². The van der Waals surface area contributed by atoms with Crippen LogP contribution in [0.2, 0.25) is 0 Å². The van der Waals surface area contributed by atoms with Crippen LogP contribution >= 0.6 is 11.3 Å². The van der Waals surface area contributed by atoms with Crippen molar-refractivity contribution in [2.24, 2.45) is 5.73 Å². The fourth-order valence-corrected chi connectivity index (χ4v) is 2.86. The van der Waals surface area contributed by atoms with Crippen molar-refractivity contribution in [1.82, 2.24) is 4.98 Å². The van der Waals surface area contributed by atoms with Gasteiger partial charge in [0, 0.05) is 11.3 Å². The number of nitrogens with zero attached hydrogens (tertiary/aromatic N) is 1. The molecule has 20 heavy (non-hydrogen) atoms. The molecule has 0 aliphatic heterocycles. The van der Waals surface area contributed by atoms with Crippen molar-refractivity contribution in [1.29, 1.82) is 0 Å². The average Bonchev–Trinajstić information content (AvgIpc) is 3.20. The summed E-state index contributed by atoms with van der Waals surface area (Å²) in [5, 5.41) is 5.49. The lowest BCUT2D eigenvalue weighted by atomic mass is 10.1. The van der Waals surface area contributed by atoms with E-state index in [-0.39, 0.29) is 5.91 Å². The molecule has 104 valence electrons. The van der Waals surface area contributed by atoms with Crippen LogP contribution in [0, 0.1) is 0 Å². The molecular weight excluding hydrogens is 270 g/mol. The Hall–Kier alpha value is -1.72. The molecule has 1 fully saturated rings. The fourth-order valence-electron chi connectivity index (χ4n) is 2.07. The van der Waals surface area contributed by atoms with Crippen LogP contribution in [0.5, 0.6) is 0 Å². The minimum atomic E-state index is -0.550. The second kappa shape index (κ2) is 5.73. The van der Waals surface area contributed by atoms with Crippen molar-refractivity contribution >= 4 is 22.4 Å². The first-order chi connectivity index (χ1) is 9.72. The Labute approximate surface area is 122 Å². The number of carbonyl (C=O) groups is 1. The molecule has 0 bridgehead atoms. The number of nitrogens with two attached hydrogens (primary N) is 1. The van der Waals surface area contributed by atoms with E-state index in [1.807, 2.05) is 35.7 Å². The van der Waals surface area contributed by atoms with Gasteiger partial charge in [0.05, 0.1) is 11.7 Å². The van der Waals surface area contributed by atoms with Gasteiger partial charge in [-0.25, -0.2) is 4.98 Å². The number of thiazole rings is 1. The van der Waals surface area contributed by atoms with Gasteiger partial charge in [-0.05, 0) is 24.8 Å². The maximum Gasteiger partial charge on any atom is 0.243 e. The van der Waals surface area contributed by atoms with Crippen molar-refractivity contribution in [3.8, 4) is 0 Å². The Morgan fingerprint density at radius 3 is 2.85 bits per heavy atom. The van der Waals surface area contributed by atoms with Crippen LogP contribution in [0.4, 0.5) is 5.13 Å². The molecule has 5 heteroatoms. The SMILES string of the molecule is NC(Cc1ccccc1)C(=O)Nc1nc(C2CC2)cs1. The molecule has 1 heterocycles. The lowest BCUT2D eigenvalue weighted by Gasteiger charge is -2.10. The Balaban J connectivity index is 1.57. The first-order valence-electron chi connectivity index (χ1n) is 6.78. The minimum absolute atomic E-state index is 0.175. The summed E-state index contributed by atoms with van der Waals surface area (Å²) in [5.74, 6) is 0.431. The molecule has 1 amide bonds. The van der Waals surface area contributed by atoms with Gasteiger partial charge in [0.1, 0.15) is 0 Å². The molecule has 0 radical (unpaired) electrons. The van der Waals surface area contributed by atoms with E-state index in [4.69, 9.17) is 5.73 Å². The number of anilines is 1. The zero-order chi connectivity index (χ0) is 13.9. The van der Waals surface area contributed by atoms with Gasteiger partial charge in [-0.15, -0.1) is 11.3 Å². The third-order valence-electron chi connectivity index (χ3n) is 3.38. The summed E-state index contributed by atoms with van der Waals surface area (Å²) >= 11 is 1.47. The maximum atomic E-state index is 12.0. The van der Waals surface area contributed by atoms with Crippen molar-refractivity contribution in [3.63, 3.8) is 0 Å². The highest BCUT2D eigenvalue weighted by Crippen LogP contribution is 2.40. The van der Waals surface area contributed by atoms with Gasteiger partial charge in [0.2, 0.25) is 5.91 Å². The molecule has 0 saturated heterocycles. The average molecular weight is 287 g/mol. The maximum absolute atomic E-state index is 12.0. The van der Waals surface area contributed by atoms with Crippen molar-refractivity contribution < 1.29 is 4.79 Å². The number of rotatable bonds is 5. The van der Waals surface area contributed by atoms with Gasteiger partial charge in [0.25, 0.3) is 0 Å². The van der Waals surface area contributed by atoms with Gasteiger partial charge >= 0.3 is 0 Å². The summed E-state index contributed by atoms with van der Waals surface area (Å²) in [4.78, 5) is 16.5. The molecule has 0 spiro atoms. The number of aromatic nitrogens is 1. The van der Waals surface area contributed by atoms with E-state index >= 15 is 0 Å². The van der Waals surface area contributed by atoms with E-state index in [2.05, 4.69) is 10.3 Å². The van der Waals surface area contributed by atoms with Crippen LogP contribution in [0.3, 0.4) is 0 Å². The van der Waals surface area contributed by atoms with Gasteiger partial charge in [-0.2, -0.15) is 0 Å². The molecule has 3 rings (SSSR count). The Bertz CT molecular complexity index is 592. The summed E-state index contributed by atoms with van der Waals surface area (Å²) in [6.07, 6.45) is 2.96. The molecule has 1 unspecified atom stereocenters. The Morgan fingerprint density at radius 2 is 2.15 bits per heavy atom. The number of hydrogen-bond acceptors (Lipinski definition) is 4. The van der Waals surface area contributed by atoms with E-state index in [0.29, 0.717) is 17.5 Å². The van der Waals surface area contributed by atoms with E-state index in [1.165, 1.54) is 24.2 Å². The summed E-state index contributed by atoms with van der Waals surface area (Å²) in [5.41, 5.74) is 8.10. The first-order valence-corrected chi connectivity index (χ1v) is 7.66. The predicted octanol–water partition coefficient (Wildman–Crippen LogP) is 2.53. The van der Waals surface area contributed by atoms with Crippen molar-refractivity contribution in [2.75, 3.05) is 5.32 Å². The summed E-state index contributed by atoms with van der Waals surface area (Å²) in [7, 11) is 0. The molecule has 3 N–H and O–H groups in total. The lowest BCUT2D eigenvalue weighted by Crippen LogP contribution is -2.37. The first kappa shape index (κ1) is 13.3. The number of benzene rings is 1. The molecule has 1 aliphatic carbocycles. The molecule has 2 aromatic rings. The third kappa shape index (κ3) is 3.23. The van der Waals surface area contributed by atoms with Crippen molar-refractivity contribution in [3.05, 3.63) is 47.0 Å². The van der Waals surface area contributed by atoms with Crippen LogP contribution in [0.15, 0.2) is 35.7 Å². The number of amides is 1. The monoisotopic (exact) mass is 287 g/mol.